The third-order valence-corrected chi connectivity index (χ3v) is 5.04. The number of hydrogen-bond acceptors (Lipinski definition) is 5. The minimum absolute atomic E-state index is 0.253. The summed E-state index contributed by atoms with van der Waals surface area (Å²) in [6, 6.07) is 4.74. The molecule has 30 heavy (non-hydrogen) atoms. The SMILES string of the molecule is C=CCNC(=O)c1oc2c(c1C)/C(=N/NC(=O)COc1ccc(Cl)cc1Cl)CCC2. The van der Waals surface area contributed by atoms with E-state index in [-0.39, 0.29) is 18.3 Å². The minimum atomic E-state index is -0.439. The van der Waals surface area contributed by atoms with Gasteiger partial charge in [-0.25, -0.2) is 5.43 Å². The highest BCUT2D eigenvalue weighted by atomic mass is 35.5. The van der Waals surface area contributed by atoms with Gasteiger partial charge < -0.3 is 14.5 Å². The quantitative estimate of drug-likeness (QED) is 0.492. The number of hydrazone groups is 1. The van der Waals surface area contributed by atoms with E-state index in [2.05, 4.69) is 22.4 Å². The molecule has 2 N–H and O–H groups in total. The first-order chi connectivity index (χ1) is 14.4. The normalized spacial score (nSPS) is 14.2. The smallest absolute Gasteiger partial charge is 0.287 e. The lowest BCUT2D eigenvalue weighted by atomic mass is 9.93. The van der Waals surface area contributed by atoms with Crippen molar-refractivity contribution in [1.29, 1.82) is 0 Å². The highest BCUT2D eigenvalue weighted by Crippen LogP contribution is 2.30. The van der Waals surface area contributed by atoms with Crippen LogP contribution in [0.5, 0.6) is 5.75 Å². The maximum absolute atomic E-state index is 12.3. The van der Waals surface area contributed by atoms with Crippen LogP contribution in [0.1, 0.15) is 40.3 Å². The summed E-state index contributed by atoms with van der Waals surface area (Å²) in [6.45, 7) is 5.47. The number of halogens is 2. The van der Waals surface area contributed by atoms with Crippen molar-refractivity contribution < 1.29 is 18.7 Å². The molecule has 158 valence electrons. The van der Waals surface area contributed by atoms with Crippen molar-refractivity contribution in [2.45, 2.75) is 26.2 Å². The fourth-order valence-electron chi connectivity index (χ4n) is 3.14. The van der Waals surface area contributed by atoms with E-state index in [1.54, 1.807) is 25.1 Å². The van der Waals surface area contributed by atoms with Gasteiger partial charge in [0.15, 0.2) is 12.4 Å². The molecule has 9 heteroatoms. The monoisotopic (exact) mass is 449 g/mol. The van der Waals surface area contributed by atoms with Gasteiger partial charge in [0, 0.05) is 29.1 Å². The van der Waals surface area contributed by atoms with Gasteiger partial charge in [-0.3, -0.25) is 9.59 Å². The number of fused-ring (bicyclic) bond motifs is 1. The average molecular weight is 450 g/mol. The molecule has 0 spiro atoms. The van der Waals surface area contributed by atoms with E-state index in [0.29, 0.717) is 52.2 Å². The van der Waals surface area contributed by atoms with Gasteiger partial charge in [0.2, 0.25) is 0 Å². The van der Waals surface area contributed by atoms with E-state index >= 15 is 0 Å². The zero-order valence-corrected chi connectivity index (χ0v) is 17.9. The second-order valence-electron chi connectivity index (χ2n) is 6.66. The van der Waals surface area contributed by atoms with Crippen LogP contribution in [0.15, 0.2) is 40.4 Å². The molecular formula is C21H21Cl2N3O4. The zero-order valence-electron chi connectivity index (χ0n) is 16.4. The van der Waals surface area contributed by atoms with Crippen molar-refractivity contribution in [3.8, 4) is 5.75 Å². The molecule has 1 aromatic carbocycles. The van der Waals surface area contributed by atoms with Gasteiger partial charge in [-0.05, 0) is 38.0 Å². The molecule has 0 aliphatic heterocycles. The maximum Gasteiger partial charge on any atom is 0.287 e. The van der Waals surface area contributed by atoms with E-state index < -0.39 is 5.91 Å². The largest absolute Gasteiger partial charge is 0.482 e. The molecule has 3 rings (SSSR count). The van der Waals surface area contributed by atoms with Gasteiger partial charge in [-0.2, -0.15) is 5.10 Å². The molecule has 1 aliphatic rings. The first-order valence-corrected chi connectivity index (χ1v) is 10.1. The number of rotatable bonds is 7. The number of carbonyl (C=O) groups excluding carboxylic acids is 2. The second-order valence-corrected chi connectivity index (χ2v) is 7.51. The van der Waals surface area contributed by atoms with Crippen LogP contribution in [-0.4, -0.2) is 30.7 Å². The molecule has 0 radical (unpaired) electrons. The van der Waals surface area contributed by atoms with Crippen LogP contribution < -0.4 is 15.5 Å². The van der Waals surface area contributed by atoms with Gasteiger partial charge >= 0.3 is 0 Å². The van der Waals surface area contributed by atoms with Crippen LogP contribution in [0.25, 0.3) is 0 Å². The summed E-state index contributed by atoms with van der Waals surface area (Å²) in [6.07, 6.45) is 3.76. The van der Waals surface area contributed by atoms with Crippen molar-refractivity contribution in [3.63, 3.8) is 0 Å². The standard InChI is InChI=1S/C21H21Cl2N3O4/c1-3-9-24-21(28)20-12(2)19-15(5-4-6-17(19)30-20)25-26-18(27)11-29-16-8-7-13(22)10-14(16)23/h3,7-8,10H,1,4-6,9,11H2,2H3,(H,24,28)(H,26,27)/b25-15+. The molecule has 0 bridgehead atoms. The Bertz CT molecular complexity index is 1010. The molecular weight excluding hydrogens is 429 g/mol. The lowest BCUT2D eigenvalue weighted by Crippen LogP contribution is -2.27. The van der Waals surface area contributed by atoms with E-state index in [9.17, 15) is 9.59 Å². The van der Waals surface area contributed by atoms with Crippen molar-refractivity contribution >= 4 is 40.7 Å². The second kappa shape index (κ2) is 9.82. The third-order valence-electron chi connectivity index (χ3n) is 4.51. The molecule has 0 saturated heterocycles. The predicted molar refractivity (Wildman–Crippen MR) is 116 cm³/mol. The molecule has 1 aliphatic carbocycles. The Morgan fingerprint density at radius 1 is 1.33 bits per heavy atom. The number of amides is 2. The third kappa shape index (κ3) is 5.04. The van der Waals surface area contributed by atoms with E-state index in [1.165, 1.54) is 6.07 Å². The molecule has 0 unspecified atom stereocenters. The number of hydrogen-bond donors (Lipinski definition) is 2. The van der Waals surface area contributed by atoms with E-state index in [4.69, 9.17) is 32.4 Å². The van der Waals surface area contributed by atoms with Gasteiger partial charge in [0.1, 0.15) is 11.5 Å². The van der Waals surface area contributed by atoms with Crippen molar-refractivity contribution in [2.24, 2.45) is 5.10 Å². The molecule has 7 nitrogen and oxygen atoms in total. The van der Waals surface area contributed by atoms with Crippen molar-refractivity contribution in [1.82, 2.24) is 10.7 Å². The van der Waals surface area contributed by atoms with Gasteiger partial charge in [-0.15, -0.1) is 6.58 Å². The van der Waals surface area contributed by atoms with Gasteiger partial charge in [0.05, 0.1) is 10.7 Å². The van der Waals surface area contributed by atoms with E-state index in [1.807, 2.05) is 0 Å². The lowest BCUT2D eigenvalue weighted by molar-refractivity contribution is -0.123. The summed E-state index contributed by atoms with van der Waals surface area (Å²) in [5.41, 5.74) is 4.63. The van der Waals surface area contributed by atoms with Crippen LogP contribution in [0, 0.1) is 6.92 Å². The van der Waals surface area contributed by atoms with Crippen LogP contribution in [0.2, 0.25) is 10.0 Å². The Morgan fingerprint density at radius 2 is 2.13 bits per heavy atom. The summed E-state index contributed by atoms with van der Waals surface area (Å²) in [7, 11) is 0. The Labute approximate surface area is 184 Å². The summed E-state index contributed by atoms with van der Waals surface area (Å²) >= 11 is 11.9. The Balaban J connectivity index is 1.68. The predicted octanol–water partition coefficient (Wildman–Crippen LogP) is 4.05. The lowest BCUT2D eigenvalue weighted by Gasteiger charge is -2.13. The van der Waals surface area contributed by atoms with E-state index in [0.717, 1.165) is 12.0 Å². The fourth-order valence-corrected chi connectivity index (χ4v) is 3.60. The number of benzene rings is 1. The number of aryl methyl sites for hydroxylation is 1. The van der Waals surface area contributed by atoms with Gasteiger partial charge in [-0.1, -0.05) is 29.3 Å². The number of carbonyl (C=O) groups is 2. The maximum atomic E-state index is 12.3. The average Bonchev–Trinajstić information content (AvgIpc) is 3.07. The molecule has 0 fully saturated rings. The first kappa shape index (κ1) is 21.9. The topological polar surface area (TPSA) is 92.9 Å². The molecule has 0 atom stereocenters. The van der Waals surface area contributed by atoms with Crippen molar-refractivity contribution in [3.05, 3.63) is 63.5 Å². The highest BCUT2D eigenvalue weighted by Gasteiger charge is 2.27. The Kier molecular flexibility index (Phi) is 7.18. The number of ether oxygens (including phenoxy) is 1. The molecule has 2 aromatic rings. The van der Waals surface area contributed by atoms with Crippen LogP contribution in [-0.2, 0) is 11.2 Å². The summed E-state index contributed by atoms with van der Waals surface area (Å²) in [5, 5.41) is 7.74. The van der Waals surface area contributed by atoms with Crippen LogP contribution >= 0.6 is 23.2 Å². The molecule has 0 saturated carbocycles. The molecule has 1 aromatic heterocycles. The first-order valence-electron chi connectivity index (χ1n) is 9.35. The van der Waals surface area contributed by atoms with Crippen LogP contribution in [0.3, 0.4) is 0 Å². The highest BCUT2D eigenvalue weighted by molar-refractivity contribution is 6.35. The number of nitrogens with one attached hydrogen (secondary N) is 2. The number of furan rings is 1. The fraction of sp³-hybridized carbons (Fsp3) is 0.286. The molecule has 2 amide bonds. The summed E-state index contributed by atoms with van der Waals surface area (Å²) < 4.78 is 11.2. The zero-order chi connectivity index (χ0) is 21.7. The summed E-state index contributed by atoms with van der Waals surface area (Å²) in [5.74, 6) is 0.553. The minimum Gasteiger partial charge on any atom is -0.482 e. The Hall–Kier alpha value is -2.77. The summed E-state index contributed by atoms with van der Waals surface area (Å²) in [4.78, 5) is 24.4. The van der Waals surface area contributed by atoms with Crippen LogP contribution in [0.4, 0.5) is 0 Å². The van der Waals surface area contributed by atoms with Crippen molar-refractivity contribution in [2.75, 3.05) is 13.2 Å². The Morgan fingerprint density at radius 3 is 2.87 bits per heavy atom. The molecule has 1 heterocycles. The van der Waals surface area contributed by atoms with Gasteiger partial charge in [0.25, 0.3) is 11.8 Å². The number of nitrogens with zero attached hydrogens (tertiary/aromatic N) is 1.